The van der Waals surface area contributed by atoms with Crippen molar-refractivity contribution in [2.45, 2.75) is 33.4 Å². The van der Waals surface area contributed by atoms with Gasteiger partial charge >= 0.3 is 0 Å². The summed E-state index contributed by atoms with van der Waals surface area (Å²) in [4.78, 5) is 19.0. The Morgan fingerprint density at radius 2 is 1.97 bits per heavy atom. The van der Waals surface area contributed by atoms with Crippen LogP contribution >= 0.6 is 11.6 Å². The van der Waals surface area contributed by atoms with E-state index in [9.17, 15) is 4.79 Å². The van der Waals surface area contributed by atoms with Gasteiger partial charge < -0.3 is 20.3 Å². The Hall–Kier alpha value is -3.19. The Balaban J connectivity index is 1.73. The van der Waals surface area contributed by atoms with Crippen LogP contribution in [-0.2, 0) is 6.54 Å². The molecule has 2 aromatic carbocycles. The molecule has 162 valence electrons. The van der Waals surface area contributed by atoms with Crippen molar-refractivity contribution in [3.8, 4) is 5.75 Å². The molecular weight excluding hydrogens is 414 g/mol. The van der Waals surface area contributed by atoms with Crippen LogP contribution in [0.5, 0.6) is 5.75 Å². The van der Waals surface area contributed by atoms with Crippen LogP contribution in [-0.4, -0.2) is 29.4 Å². The number of fused-ring (bicyclic) bond motifs is 1. The third kappa shape index (κ3) is 4.46. The molecule has 0 unspecified atom stereocenters. The van der Waals surface area contributed by atoms with Gasteiger partial charge in [0.1, 0.15) is 17.3 Å². The van der Waals surface area contributed by atoms with Crippen molar-refractivity contribution in [2.24, 2.45) is 0 Å². The maximum Gasteiger partial charge on any atom is 0.300 e. The first kappa shape index (κ1) is 21.1. The van der Waals surface area contributed by atoms with Gasteiger partial charge in [0.25, 0.3) is 5.56 Å². The van der Waals surface area contributed by atoms with Crippen LogP contribution < -0.4 is 25.8 Å². The second-order valence-electron chi connectivity index (χ2n) is 7.96. The Kier molecular flexibility index (Phi) is 5.78. The highest BCUT2D eigenvalue weighted by atomic mass is 35.5. The van der Waals surface area contributed by atoms with E-state index in [1.165, 1.54) is 0 Å². The fourth-order valence-corrected chi connectivity index (χ4v) is 3.73. The van der Waals surface area contributed by atoms with Crippen LogP contribution in [0.4, 0.5) is 23.1 Å². The van der Waals surface area contributed by atoms with Gasteiger partial charge in [-0.25, -0.2) is 0 Å². The van der Waals surface area contributed by atoms with E-state index in [0.717, 1.165) is 28.4 Å². The molecule has 31 heavy (non-hydrogen) atoms. The summed E-state index contributed by atoms with van der Waals surface area (Å²) < 4.78 is 7.81. The average Bonchev–Trinajstić information content (AvgIpc) is 3.10. The van der Waals surface area contributed by atoms with Gasteiger partial charge in [0, 0.05) is 17.8 Å². The number of nitrogens with one attached hydrogen (secondary N) is 2. The molecule has 7 nitrogen and oxygen atoms in total. The predicted octanol–water partition coefficient (Wildman–Crippen LogP) is 4.60. The minimum Gasteiger partial charge on any atom is -0.491 e. The summed E-state index contributed by atoms with van der Waals surface area (Å²) in [5, 5.41) is 7.33. The summed E-state index contributed by atoms with van der Waals surface area (Å²) in [5.74, 6) is 2.05. The summed E-state index contributed by atoms with van der Waals surface area (Å²) in [6.07, 6.45) is 0.100. The normalized spacial score (nSPS) is 12.6. The minimum atomic E-state index is -0.270. The Labute approximate surface area is 186 Å². The van der Waals surface area contributed by atoms with Gasteiger partial charge in [0.05, 0.1) is 19.3 Å². The maximum atomic E-state index is 12.7. The number of nitrogens with zero attached hydrogens (tertiary/aromatic N) is 3. The smallest absolute Gasteiger partial charge is 0.300 e. The van der Waals surface area contributed by atoms with Crippen molar-refractivity contribution in [2.75, 3.05) is 29.2 Å². The van der Waals surface area contributed by atoms with E-state index in [1.54, 1.807) is 0 Å². The van der Waals surface area contributed by atoms with Crippen LogP contribution in [0.2, 0.25) is 5.02 Å². The van der Waals surface area contributed by atoms with Crippen LogP contribution in [0.1, 0.15) is 25.0 Å². The molecule has 0 fully saturated rings. The summed E-state index contributed by atoms with van der Waals surface area (Å²) in [6, 6.07) is 13.5. The number of hydrogen-bond acceptors (Lipinski definition) is 6. The number of benzene rings is 2. The quantitative estimate of drug-likeness (QED) is 0.584. The van der Waals surface area contributed by atoms with Crippen LogP contribution in [0.15, 0.2) is 47.3 Å². The van der Waals surface area contributed by atoms with E-state index in [2.05, 4.69) is 15.6 Å². The third-order valence-corrected chi connectivity index (χ3v) is 5.32. The largest absolute Gasteiger partial charge is 0.491 e. The molecule has 8 heteroatoms. The van der Waals surface area contributed by atoms with Crippen molar-refractivity contribution in [3.63, 3.8) is 0 Å². The first-order valence-corrected chi connectivity index (χ1v) is 10.6. The van der Waals surface area contributed by atoms with Gasteiger partial charge in [-0.15, -0.1) is 0 Å². The highest BCUT2D eigenvalue weighted by Gasteiger charge is 2.25. The second kappa shape index (κ2) is 8.51. The van der Waals surface area contributed by atoms with Crippen LogP contribution in [0, 0.1) is 6.92 Å². The minimum absolute atomic E-state index is 0.100. The number of halogens is 1. The van der Waals surface area contributed by atoms with Gasteiger partial charge in [-0.2, -0.15) is 4.98 Å². The molecule has 1 aliphatic heterocycles. The molecule has 1 aliphatic rings. The molecule has 2 N–H and O–H groups in total. The maximum absolute atomic E-state index is 12.7. The summed E-state index contributed by atoms with van der Waals surface area (Å²) in [7, 11) is 1.87. The Morgan fingerprint density at radius 1 is 1.23 bits per heavy atom. The second-order valence-corrected chi connectivity index (χ2v) is 8.39. The zero-order valence-electron chi connectivity index (χ0n) is 18.1. The SMILES string of the molecule is Cc1cc(Nc2nc(=O)c3c(n2Cc2ccc(Cl)cc2)NCN3C)ccc1OC(C)C. The number of hydrogen-bond donors (Lipinski definition) is 2. The topological polar surface area (TPSA) is 71.4 Å². The van der Waals surface area contributed by atoms with Crippen molar-refractivity contribution in [1.29, 1.82) is 0 Å². The van der Waals surface area contributed by atoms with E-state index in [4.69, 9.17) is 16.3 Å². The van der Waals surface area contributed by atoms with E-state index in [-0.39, 0.29) is 11.7 Å². The van der Waals surface area contributed by atoms with E-state index in [0.29, 0.717) is 29.9 Å². The Bertz CT molecular complexity index is 1160. The highest BCUT2D eigenvalue weighted by Crippen LogP contribution is 2.31. The molecule has 0 saturated heterocycles. The molecule has 2 heterocycles. The fraction of sp³-hybridized carbons (Fsp3) is 0.304. The lowest BCUT2D eigenvalue weighted by atomic mass is 10.2. The monoisotopic (exact) mass is 439 g/mol. The van der Waals surface area contributed by atoms with Gasteiger partial charge in [-0.05, 0) is 62.2 Å². The lowest BCUT2D eigenvalue weighted by molar-refractivity contribution is 0.241. The molecular formula is C23H26ClN5O2. The van der Waals surface area contributed by atoms with Gasteiger partial charge in [-0.3, -0.25) is 9.36 Å². The molecule has 1 aromatic heterocycles. The molecule has 3 aromatic rings. The molecule has 0 spiro atoms. The van der Waals surface area contributed by atoms with E-state index >= 15 is 0 Å². The van der Waals surface area contributed by atoms with E-state index < -0.39 is 0 Å². The lowest BCUT2D eigenvalue weighted by Crippen LogP contribution is -2.24. The summed E-state index contributed by atoms with van der Waals surface area (Å²) >= 11 is 6.04. The number of ether oxygens (including phenoxy) is 1. The van der Waals surface area contributed by atoms with Crippen molar-refractivity contribution in [3.05, 3.63) is 69.0 Å². The van der Waals surface area contributed by atoms with Crippen molar-refractivity contribution in [1.82, 2.24) is 9.55 Å². The summed E-state index contributed by atoms with van der Waals surface area (Å²) in [5.41, 5.74) is 3.18. The molecule has 4 rings (SSSR count). The molecule has 0 saturated carbocycles. The Morgan fingerprint density at radius 3 is 2.65 bits per heavy atom. The van der Waals surface area contributed by atoms with Gasteiger partial charge in [0.15, 0.2) is 0 Å². The molecule has 0 aliphatic carbocycles. The molecule has 0 bridgehead atoms. The summed E-state index contributed by atoms with van der Waals surface area (Å²) in [6.45, 7) is 7.08. The van der Waals surface area contributed by atoms with Crippen LogP contribution in [0.3, 0.4) is 0 Å². The fourth-order valence-electron chi connectivity index (χ4n) is 3.60. The third-order valence-electron chi connectivity index (χ3n) is 5.07. The van der Waals surface area contributed by atoms with Gasteiger partial charge in [-0.1, -0.05) is 23.7 Å². The number of anilines is 4. The van der Waals surface area contributed by atoms with E-state index in [1.807, 2.05) is 79.8 Å². The zero-order valence-corrected chi connectivity index (χ0v) is 18.8. The zero-order chi connectivity index (χ0) is 22.1. The highest BCUT2D eigenvalue weighted by molar-refractivity contribution is 6.30. The number of aryl methyl sites for hydroxylation is 1. The molecule has 0 atom stereocenters. The van der Waals surface area contributed by atoms with Gasteiger partial charge in [0.2, 0.25) is 5.95 Å². The van der Waals surface area contributed by atoms with Crippen LogP contribution in [0.25, 0.3) is 0 Å². The first-order valence-electron chi connectivity index (χ1n) is 10.2. The number of aromatic nitrogens is 2. The average molecular weight is 440 g/mol. The molecule has 0 radical (unpaired) electrons. The molecule has 0 amide bonds. The lowest BCUT2D eigenvalue weighted by Gasteiger charge is -2.19. The standard InChI is InChI=1S/C23H26ClN5O2/c1-14(2)31-19-10-9-18(11-15(19)3)26-23-27-22(30)20-21(25-13-28(20)4)29(23)12-16-5-7-17(24)8-6-16/h5-11,14,25H,12-13H2,1-4H3,(H,26,27,30). The predicted molar refractivity (Wildman–Crippen MR) is 126 cm³/mol. The number of rotatable bonds is 6. The first-order chi connectivity index (χ1) is 14.8. The van der Waals surface area contributed by atoms with Crippen molar-refractivity contribution < 1.29 is 4.74 Å². The van der Waals surface area contributed by atoms with Crippen molar-refractivity contribution >= 4 is 34.7 Å².